The first kappa shape index (κ1) is 24.6. The van der Waals surface area contributed by atoms with Crippen molar-refractivity contribution in [3.63, 3.8) is 0 Å². The third-order valence-corrected chi connectivity index (χ3v) is 8.79. The van der Waals surface area contributed by atoms with Crippen molar-refractivity contribution in [2.24, 2.45) is 11.8 Å². The molecule has 3 aliphatic rings. The highest BCUT2D eigenvalue weighted by atomic mass is 16.5. The zero-order chi connectivity index (χ0) is 24.2. The number of ether oxygens (including phenoxy) is 2. The summed E-state index contributed by atoms with van der Waals surface area (Å²) in [4.78, 5) is 16.5. The smallest absolute Gasteiger partial charge is 0.255 e. The second-order valence-corrected chi connectivity index (χ2v) is 11.0. The third-order valence-electron chi connectivity index (χ3n) is 8.79. The van der Waals surface area contributed by atoms with Crippen LogP contribution in [0.4, 0.5) is 0 Å². The quantitative estimate of drug-likeness (QED) is 0.578. The SMILES string of the molecule is COc1cc2cc(CNC[C@@H]3CCCN4CCCC[C@H]34)c(=O)n(CC3CCCCC3)c2cc1OC. The molecule has 2 aromatic rings. The van der Waals surface area contributed by atoms with Crippen LogP contribution in [-0.2, 0) is 13.1 Å². The Morgan fingerprint density at radius 1 is 0.886 bits per heavy atom. The molecule has 0 spiro atoms. The maximum Gasteiger partial charge on any atom is 0.255 e. The van der Waals surface area contributed by atoms with Crippen LogP contribution in [0.5, 0.6) is 11.5 Å². The van der Waals surface area contributed by atoms with Crippen LogP contribution in [0, 0.1) is 11.8 Å². The van der Waals surface area contributed by atoms with E-state index in [0.29, 0.717) is 29.9 Å². The first-order chi connectivity index (χ1) is 17.2. The fraction of sp³-hybridized carbons (Fsp3) is 0.690. The first-order valence-electron chi connectivity index (χ1n) is 13.9. The molecule has 1 saturated carbocycles. The number of hydrogen-bond donors (Lipinski definition) is 1. The Bertz CT molecular complexity index is 1060. The van der Waals surface area contributed by atoms with Crippen molar-refractivity contribution in [3.8, 4) is 11.5 Å². The van der Waals surface area contributed by atoms with Gasteiger partial charge in [0.1, 0.15) is 0 Å². The topological polar surface area (TPSA) is 55.7 Å². The van der Waals surface area contributed by atoms with E-state index < -0.39 is 0 Å². The molecule has 5 rings (SSSR count). The molecule has 2 saturated heterocycles. The molecule has 1 N–H and O–H groups in total. The molecule has 1 aromatic carbocycles. The van der Waals surface area contributed by atoms with Crippen LogP contribution in [0.3, 0.4) is 0 Å². The Morgan fingerprint density at radius 2 is 1.63 bits per heavy atom. The van der Waals surface area contributed by atoms with Crippen molar-refractivity contribution in [2.75, 3.05) is 33.9 Å². The van der Waals surface area contributed by atoms with Crippen LogP contribution < -0.4 is 20.3 Å². The monoisotopic (exact) mass is 481 g/mol. The number of methoxy groups -OCH3 is 2. The lowest BCUT2D eigenvalue weighted by molar-refractivity contribution is 0.0593. The summed E-state index contributed by atoms with van der Waals surface area (Å²) in [5.74, 6) is 2.65. The van der Waals surface area contributed by atoms with Gasteiger partial charge in [-0.3, -0.25) is 4.79 Å². The van der Waals surface area contributed by atoms with E-state index in [0.717, 1.165) is 35.6 Å². The van der Waals surface area contributed by atoms with Gasteiger partial charge < -0.3 is 24.3 Å². The molecule has 3 heterocycles. The van der Waals surface area contributed by atoms with E-state index in [1.54, 1.807) is 14.2 Å². The highest BCUT2D eigenvalue weighted by Crippen LogP contribution is 2.34. The standard InChI is InChI=1S/C29H43N3O3/c1-34-27-16-23-15-24(19-30-18-22-11-8-14-31-13-7-6-12-25(22)31)29(33)32(26(23)17-28(27)35-2)20-21-9-4-3-5-10-21/h15-17,21-22,25,30H,3-14,18-20H2,1-2H3/t22-,25+/m0/s1. The lowest BCUT2D eigenvalue weighted by Gasteiger charge is -2.44. The molecule has 0 unspecified atom stereocenters. The fourth-order valence-electron chi connectivity index (χ4n) is 6.91. The second-order valence-electron chi connectivity index (χ2n) is 11.0. The van der Waals surface area contributed by atoms with Gasteiger partial charge in [0.2, 0.25) is 0 Å². The molecular formula is C29H43N3O3. The number of pyridine rings is 1. The molecule has 2 atom stereocenters. The number of hydrogen-bond acceptors (Lipinski definition) is 5. The van der Waals surface area contributed by atoms with Crippen molar-refractivity contribution in [2.45, 2.75) is 83.3 Å². The maximum atomic E-state index is 13.8. The van der Waals surface area contributed by atoms with E-state index in [-0.39, 0.29) is 5.56 Å². The van der Waals surface area contributed by atoms with Crippen LogP contribution in [0.15, 0.2) is 23.0 Å². The maximum absolute atomic E-state index is 13.8. The Hall–Kier alpha value is -2.05. The van der Waals surface area contributed by atoms with Crippen LogP contribution in [0.2, 0.25) is 0 Å². The Kier molecular flexibility index (Phi) is 7.98. The minimum atomic E-state index is 0.144. The Morgan fingerprint density at radius 3 is 2.43 bits per heavy atom. The zero-order valence-corrected chi connectivity index (χ0v) is 21.7. The van der Waals surface area contributed by atoms with Crippen LogP contribution in [0.1, 0.15) is 69.8 Å². The van der Waals surface area contributed by atoms with Crippen molar-refractivity contribution in [3.05, 3.63) is 34.1 Å². The van der Waals surface area contributed by atoms with Crippen LogP contribution in [-0.4, -0.2) is 49.4 Å². The molecule has 0 bridgehead atoms. The van der Waals surface area contributed by atoms with Gasteiger partial charge >= 0.3 is 0 Å². The van der Waals surface area contributed by atoms with E-state index in [4.69, 9.17) is 9.47 Å². The zero-order valence-electron chi connectivity index (χ0n) is 21.7. The van der Waals surface area contributed by atoms with Gasteiger partial charge in [-0.15, -0.1) is 0 Å². The van der Waals surface area contributed by atoms with Crippen molar-refractivity contribution >= 4 is 10.9 Å². The van der Waals surface area contributed by atoms with Gasteiger partial charge in [-0.05, 0) is 82.1 Å². The molecule has 2 aliphatic heterocycles. The summed E-state index contributed by atoms with van der Waals surface area (Å²) in [5.41, 5.74) is 1.95. The molecule has 1 aliphatic carbocycles. The summed E-state index contributed by atoms with van der Waals surface area (Å²) in [6, 6.07) is 6.80. The van der Waals surface area contributed by atoms with E-state index in [1.807, 2.05) is 16.7 Å². The summed E-state index contributed by atoms with van der Waals surface area (Å²) in [6.45, 7) is 4.94. The summed E-state index contributed by atoms with van der Waals surface area (Å²) in [7, 11) is 3.33. The summed E-state index contributed by atoms with van der Waals surface area (Å²) >= 11 is 0. The van der Waals surface area contributed by atoms with Crippen LogP contribution in [0.25, 0.3) is 10.9 Å². The lowest BCUT2D eigenvalue weighted by Crippen LogP contribution is -2.50. The number of piperidine rings is 2. The second kappa shape index (κ2) is 11.3. The minimum absolute atomic E-state index is 0.144. The van der Waals surface area contributed by atoms with Crippen molar-refractivity contribution in [1.82, 2.24) is 14.8 Å². The average molecular weight is 482 g/mol. The molecule has 0 amide bonds. The largest absolute Gasteiger partial charge is 0.493 e. The highest BCUT2D eigenvalue weighted by molar-refractivity contribution is 5.83. The molecule has 192 valence electrons. The highest BCUT2D eigenvalue weighted by Gasteiger charge is 2.32. The molecule has 1 aromatic heterocycles. The van der Waals surface area contributed by atoms with Gasteiger partial charge in [-0.1, -0.05) is 25.7 Å². The number of nitrogens with one attached hydrogen (secondary N) is 1. The van der Waals surface area contributed by atoms with E-state index >= 15 is 0 Å². The normalized spacial score (nSPS) is 23.8. The van der Waals surface area contributed by atoms with Crippen molar-refractivity contribution in [1.29, 1.82) is 0 Å². The van der Waals surface area contributed by atoms with E-state index in [2.05, 4.69) is 16.3 Å². The number of benzene rings is 1. The molecule has 35 heavy (non-hydrogen) atoms. The predicted octanol–water partition coefficient (Wildman–Crippen LogP) is 4.95. The first-order valence-corrected chi connectivity index (χ1v) is 13.9. The van der Waals surface area contributed by atoms with E-state index in [9.17, 15) is 4.79 Å². The average Bonchev–Trinajstić information content (AvgIpc) is 2.91. The molecular weight excluding hydrogens is 438 g/mol. The predicted molar refractivity (Wildman–Crippen MR) is 142 cm³/mol. The van der Waals surface area contributed by atoms with Crippen LogP contribution >= 0.6 is 0 Å². The number of nitrogens with zero attached hydrogens (tertiary/aromatic N) is 2. The Balaban J connectivity index is 1.39. The summed E-state index contributed by atoms with van der Waals surface area (Å²) in [6.07, 6.45) is 12.9. The number of fused-ring (bicyclic) bond motifs is 2. The minimum Gasteiger partial charge on any atom is -0.493 e. The van der Waals surface area contributed by atoms with Gasteiger partial charge in [-0.25, -0.2) is 0 Å². The number of rotatable bonds is 8. The molecule has 3 fully saturated rings. The Labute approximate surface area is 210 Å². The lowest BCUT2D eigenvalue weighted by atomic mass is 9.83. The fourth-order valence-corrected chi connectivity index (χ4v) is 6.91. The van der Waals surface area contributed by atoms with Gasteiger partial charge in [0.05, 0.1) is 19.7 Å². The van der Waals surface area contributed by atoms with Gasteiger partial charge in [0, 0.05) is 36.1 Å². The van der Waals surface area contributed by atoms with Gasteiger partial charge in [0.25, 0.3) is 5.56 Å². The summed E-state index contributed by atoms with van der Waals surface area (Å²) in [5, 5.41) is 4.74. The molecule has 6 heteroatoms. The van der Waals surface area contributed by atoms with Gasteiger partial charge in [0.15, 0.2) is 11.5 Å². The van der Waals surface area contributed by atoms with Gasteiger partial charge in [-0.2, -0.15) is 0 Å². The molecule has 0 radical (unpaired) electrons. The molecule has 6 nitrogen and oxygen atoms in total. The summed E-state index contributed by atoms with van der Waals surface area (Å²) < 4.78 is 13.2. The van der Waals surface area contributed by atoms with E-state index in [1.165, 1.54) is 77.3 Å². The third kappa shape index (κ3) is 5.39. The number of aromatic nitrogens is 1. The van der Waals surface area contributed by atoms with Crippen molar-refractivity contribution < 1.29 is 9.47 Å².